The van der Waals surface area contributed by atoms with E-state index >= 15 is 0 Å². The molecule has 4 rings (SSSR count). The van der Waals surface area contributed by atoms with Crippen LogP contribution in [0.15, 0.2) is 0 Å². The van der Waals surface area contributed by atoms with Crippen LogP contribution >= 0.6 is 0 Å². The molecule has 6 N–H and O–H groups in total. The first-order valence-electron chi connectivity index (χ1n) is 30.8. The molecule has 4 saturated heterocycles. The van der Waals surface area contributed by atoms with Gasteiger partial charge in [-0.2, -0.15) is 0 Å². The van der Waals surface area contributed by atoms with E-state index in [1.165, 1.54) is 19.6 Å². The van der Waals surface area contributed by atoms with E-state index in [4.69, 9.17) is 55.6 Å². The van der Waals surface area contributed by atoms with Crippen LogP contribution in [0.25, 0.3) is 0 Å². The molecule has 0 radical (unpaired) electrons. The van der Waals surface area contributed by atoms with Crippen LogP contribution in [0.4, 0.5) is 19.2 Å². The molecule has 26 nitrogen and oxygen atoms in total. The number of rotatable bonds is 30. The van der Waals surface area contributed by atoms with Crippen LogP contribution in [0.2, 0.25) is 25.2 Å². The predicted molar refractivity (Wildman–Crippen MR) is 321 cm³/mol. The molecule has 4 heterocycles. The number of carbonyl (C=O) groups excluding carboxylic acids is 4. The summed E-state index contributed by atoms with van der Waals surface area (Å²) in [5.74, 6) is -1.69. The van der Waals surface area contributed by atoms with E-state index < -0.39 is 91.7 Å². The number of aliphatic hydroxyl groups is 6. The summed E-state index contributed by atoms with van der Waals surface area (Å²) in [5.41, 5.74) is -1.32. The molecule has 28 heteroatoms. The molecule has 0 aliphatic carbocycles. The maximum atomic E-state index is 13.2. The lowest BCUT2D eigenvalue weighted by Crippen LogP contribution is -2.54. The number of nitrogens with zero attached hydrogens (tertiary/aromatic N) is 4. The van der Waals surface area contributed by atoms with Crippen LogP contribution in [-0.4, -0.2) is 255 Å². The number of aliphatic hydroxyl groups excluding tert-OH is 6. The number of carbonyl (C=O) groups is 4. The first kappa shape index (κ1) is 77.2. The Balaban J connectivity index is 0.000000452. The van der Waals surface area contributed by atoms with Gasteiger partial charge in [-0.1, -0.05) is 0 Å². The summed E-state index contributed by atoms with van der Waals surface area (Å²) in [6.07, 6.45) is 0.840. The first-order valence-corrected chi connectivity index (χ1v) is 35.8. The van der Waals surface area contributed by atoms with E-state index in [1.807, 2.05) is 89.3 Å². The van der Waals surface area contributed by atoms with Gasteiger partial charge in [0.1, 0.15) is 52.0 Å². The van der Waals surface area contributed by atoms with Crippen molar-refractivity contribution in [2.45, 2.75) is 257 Å². The van der Waals surface area contributed by atoms with Crippen molar-refractivity contribution in [1.82, 2.24) is 19.6 Å². The summed E-state index contributed by atoms with van der Waals surface area (Å²) < 4.78 is 70.8. The molecule has 10 atom stereocenters. The fourth-order valence-electron chi connectivity index (χ4n) is 12.4. The Kier molecular flexibility index (Phi) is 30.9. The van der Waals surface area contributed by atoms with E-state index in [0.717, 1.165) is 25.7 Å². The Morgan fingerprint density at radius 2 is 0.779 bits per heavy atom. The van der Waals surface area contributed by atoms with Gasteiger partial charge in [-0.05, 0) is 161 Å². The highest BCUT2D eigenvalue weighted by Crippen LogP contribution is 2.39. The third-order valence-corrected chi connectivity index (χ3v) is 21.0. The maximum Gasteiger partial charge on any atom is 0.411 e. The van der Waals surface area contributed by atoms with E-state index in [9.17, 15) is 49.8 Å². The normalized spacial score (nSPS) is 29.0. The van der Waals surface area contributed by atoms with Crippen molar-refractivity contribution in [3.05, 3.63) is 0 Å². The fourth-order valence-corrected chi connectivity index (χ4v) is 18.9. The summed E-state index contributed by atoms with van der Waals surface area (Å²) >= 11 is 0. The lowest BCUT2D eigenvalue weighted by molar-refractivity contribution is -0.334. The summed E-state index contributed by atoms with van der Waals surface area (Å²) in [6, 6.07) is 1.23. The minimum Gasteiger partial charge on any atom is -0.447 e. The molecular formula is C58H112N4O22Si2. The topological polar surface area (TPSA) is 313 Å². The van der Waals surface area contributed by atoms with Crippen LogP contribution in [0, 0.1) is 0 Å². The highest BCUT2D eigenvalue weighted by atomic mass is 28.4. The van der Waals surface area contributed by atoms with E-state index in [1.54, 1.807) is 0 Å². The largest absolute Gasteiger partial charge is 0.447 e. The molecule has 4 amide bonds. The van der Waals surface area contributed by atoms with Crippen LogP contribution in [0.1, 0.15) is 161 Å². The third-order valence-electron chi connectivity index (χ3n) is 14.7. The van der Waals surface area contributed by atoms with E-state index in [0.29, 0.717) is 50.6 Å². The van der Waals surface area contributed by atoms with Crippen molar-refractivity contribution in [2.75, 3.05) is 92.4 Å². The molecule has 4 aliphatic rings. The monoisotopic (exact) mass is 1270 g/mol. The Morgan fingerprint density at radius 3 is 1.07 bits per heavy atom. The van der Waals surface area contributed by atoms with Gasteiger partial charge in [0.2, 0.25) is 0 Å². The molecule has 0 spiro atoms. The van der Waals surface area contributed by atoms with Crippen molar-refractivity contribution >= 4 is 41.5 Å². The van der Waals surface area contributed by atoms with Gasteiger partial charge in [-0.15, -0.1) is 0 Å². The van der Waals surface area contributed by atoms with Gasteiger partial charge in [-0.25, -0.2) is 19.2 Å². The maximum absolute atomic E-state index is 13.2. The molecule has 4 aliphatic heterocycles. The van der Waals surface area contributed by atoms with Gasteiger partial charge in [0.05, 0.1) is 61.0 Å². The van der Waals surface area contributed by atoms with Crippen LogP contribution < -0.4 is 0 Å². The van der Waals surface area contributed by atoms with Crippen LogP contribution in [-0.2, 0) is 55.6 Å². The Hall–Kier alpha value is -3.05. The van der Waals surface area contributed by atoms with Gasteiger partial charge in [0.15, 0.2) is 11.6 Å². The van der Waals surface area contributed by atoms with E-state index in [2.05, 4.69) is 20.8 Å². The zero-order valence-corrected chi connectivity index (χ0v) is 56.9. The third kappa shape index (κ3) is 28.4. The SMILES string of the molecule is CC1CC(C)(C)OC(C)(CCCN(CN(CCC[Si]2(C)OC(C)CC(C)(C)O2)C(=O)OCC(O)CO)C(=O)OCC(O)CO)O1.CC1CC(C)(C)OC(C)(CCCN(CN(CCC[Si]2(C)OC(C)CC(C)(C)O2)C(=O)OCCO)C(=O)OCCO)O1. The average molecular weight is 1270 g/mol. The molecule has 0 saturated carbocycles. The van der Waals surface area contributed by atoms with Gasteiger partial charge < -0.3 is 86.2 Å². The summed E-state index contributed by atoms with van der Waals surface area (Å²) in [4.78, 5) is 57.8. The number of hydrogen-bond acceptors (Lipinski definition) is 22. The number of hydrogen-bond donors (Lipinski definition) is 6. The molecule has 0 aromatic heterocycles. The van der Waals surface area contributed by atoms with Crippen molar-refractivity contribution in [1.29, 1.82) is 0 Å². The van der Waals surface area contributed by atoms with Gasteiger partial charge in [0.25, 0.3) is 0 Å². The van der Waals surface area contributed by atoms with E-state index in [-0.39, 0.29) is 113 Å². The smallest absolute Gasteiger partial charge is 0.411 e. The molecular weight excluding hydrogens is 1160 g/mol. The van der Waals surface area contributed by atoms with Gasteiger partial charge in [0, 0.05) is 64.1 Å². The highest BCUT2D eigenvalue weighted by molar-refractivity contribution is 6.66. The molecule has 0 aromatic rings. The lowest BCUT2D eigenvalue weighted by atomic mass is 9.97. The van der Waals surface area contributed by atoms with Crippen molar-refractivity contribution in [3.63, 3.8) is 0 Å². The quantitative estimate of drug-likeness (QED) is 0.0249. The molecule has 0 bridgehead atoms. The second-order valence-corrected chi connectivity index (χ2v) is 33.2. The second kappa shape index (κ2) is 34.4. The Labute approximate surface area is 514 Å². The highest BCUT2D eigenvalue weighted by Gasteiger charge is 2.47. The van der Waals surface area contributed by atoms with Crippen LogP contribution in [0.5, 0.6) is 0 Å². The average Bonchev–Trinajstić information content (AvgIpc) is 1.80. The molecule has 0 aromatic carbocycles. The fraction of sp³-hybridized carbons (Fsp3) is 0.931. The number of ether oxygens (including phenoxy) is 8. The Bertz CT molecular complexity index is 1930. The standard InChI is InChI=1S/C30H58N2O12Si.C28H54N2O10Si/c1-22-15-28(3,4)43-30(7,41-22)11-9-12-31(26(37)39-19-24(35)17-33)21-32(27(38)40-20-25(36)18-34)13-10-14-45(8)42-23(2)16-29(5,6)44-45;1-22-19-26(3,4)39-28(7,37-22)11-9-12-29(24(33)35-16-14-31)21-30(25(34)36-17-15-32)13-10-18-41(8)38-23(2)20-27(5,6)40-41/h22-25,33-36H,9-21H2,1-8H3;22-23,31-32H,9-21H2,1-8H3. The summed E-state index contributed by atoms with van der Waals surface area (Å²) in [7, 11) is -5.06. The minimum atomic E-state index is -2.57. The zero-order chi connectivity index (χ0) is 65.0. The Morgan fingerprint density at radius 1 is 0.477 bits per heavy atom. The molecule has 10 unspecified atom stereocenters. The minimum absolute atomic E-state index is 0.0181. The summed E-state index contributed by atoms with van der Waals surface area (Å²) in [6.45, 7) is 29.8. The molecule has 4 fully saturated rings. The van der Waals surface area contributed by atoms with Crippen LogP contribution in [0.3, 0.4) is 0 Å². The van der Waals surface area contributed by atoms with Crippen molar-refractivity contribution in [2.24, 2.45) is 0 Å². The van der Waals surface area contributed by atoms with Crippen molar-refractivity contribution < 1.29 is 105 Å². The predicted octanol–water partition coefficient (Wildman–Crippen LogP) is 6.67. The lowest BCUT2D eigenvalue weighted by Gasteiger charge is -2.46. The van der Waals surface area contributed by atoms with Gasteiger partial charge in [-0.3, -0.25) is 19.6 Å². The zero-order valence-electron chi connectivity index (χ0n) is 54.9. The second-order valence-electron chi connectivity index (χ2n) is 26.8. The first-order chi connectivity index (χ1) is 39.8. The molecule has 86 heavy (non-hydrogen) atoms. The van der Waals surface area contributed by atoms with Gasteiger partial charge >= 0.3 is 41.5 Å². The number of amides is 4. The van der Waals surface area contributed by atoms with Crippen molar-refractivity contribution in [3.8, 4) is 0 Å². The molecule has 504 valence electrons. The summed E-state index contributed by atoms with van der Waals surface area (Å²) in [5, 5.41) is 56.2.